The third kappa shape index (κ3) is 4.55. The van der Waals surface area contributed by atoms with Crippen molar-refractivity contribution < 1.29 is 23.1 Å². The van der Waals surface area contributed by atoms with Crippen LogP contribution >= 0.6 is 0 Å². The van der Waals surface area contributed by atoms with E-state index >= 15 is 4.39 Å². The van der Waals surface area contributed by atoms with Crippen LogP contribution in [0.4, 0.5) is 20.2 Å². The number of morpholine rings is 1. The van der Waals surface area contributed by atoms with Crippen LogP contribution in [0.2, 0.25) is 0 Å². The van der Waals surface area contributed by atoms with Crippen LogP contribution in [0.5, 0.6) is 0 Å². The van der Waals surface area contributed by atoms with E-state index in [2.05, 4.69) is 5.32 Å². The fourth-order valence-corrected chi connectivity index (χ4v) is 5.33. The predicted octanol–water partition coefficient (Wildman–Crippen LogP) is 4.44. The molecule has 184 valence electrons. The number of amides is 1. The van der Waals surface area contributed by atoms with Gasteiger partial charge in [-0.3, -0.25) is 9.59 Å². The molecule has 0 spiro atoms. The van der Waals surface area contributed by atoms with Crippen molar-refractivity contribution in [3.63, 3.8) is 0 Å². The van der Waals surface area contributed by atoms with Gasteiger partial charge in [0.05, 0.1) is 37.2 Å². The van der Waals surface area contributed by atoms with Crippen molar-refractivity contribution in [2.75, 3.05) is 43.1 Å². The summed E-state index contributed by atoms with van der Waals surface area (Å²) < 4.78 is 34.6. The van der Waals surface area contributed by atoms with Crippen LogP contribution in [-0.2, 0) is 14.3 Å². The maximum absolute atomic E-state index is 15.3. The number of hydrogen-bond acceptors (Lipinski definition) is 5. The molecule has 2 heterocycles. The van der Waals surface area contributed by atoms with Gasteiger partial charge < -0.3 is 19.9 Å². The van der Waals surface area contributed by atoms with E-state index in [0.29, 0.717) is 56.1 Å². The summed E-state index contributed by atoms with van der Waals surface area (Å²) in [6.07, 6.45) is 0.890. The number of rotatable bonds is 3. The predicted molar refractivity (Wildman–Crippen MR) is 129 cm³/mol. The fourth-order valence-electron chi connectivity index (χ4n) is 5.33. The molecule has 35 heavy (non-hydrogen) atoms. The number of para-hydroxylation sites is 2. The zero-order valence-electron chi connectivity index (χ0n) is 19.9. The number of carbonyl (C=O) groups is 2. The topological polar surface area (TPSA) is 61.9 Å². The first-order chi connectivity index (χ1) is 16.7. The number of halogens is 2. The Balaban J connectivity index is 1.69. The maximum Gasteiger partial charge on any atom is 0.242 e. The van der Waals surface area contributed by atoms with Crippen molar-refractivity contribution in [3.05, 3.63) is 70.9 Å². The second-order valence-electron chi connectivity index (χ2n) is 10.2. The number of nitrogens with zero attached hydrogens (tertiary/aromatic N) is 2. The molecule has 1 fully saturated rings. The number of carbonyl (C=O) groups excluding carboxylic acids is 2. The van der Waals surface area contributed by atoms with Crippen LogP contribution in [0, 0.1) is 17.0 Å². The zero-order valence-corrected chi connectivity index (χ0v) is 19.9. The van der Waals surface area contributed by atoms with Crippen LogP contribution in [0.25, 0.3) is 0 Å². The highest BCUT2D eigenvalue weighted by molar-refractivity contribution is 6.01. The first-order valence-corrected chi connectivity index (χ1v) is 11.9. The second-order valence-corrected chi connectivity index (χ2v) is 10.2. The summed E-state index contributed by atoms with van der Waals surface area (Å²) in [5.74, 6) is -1.68. The molecule has 0 bridgehead atoms. The molecule has 1 aliphatic carbocycles. The van der Waals surface area contributed by atoms with Gasteiger partial charge in [0.15, 0.2) is 5.78 Å². The molecule has 1 unspecified atom stereocenters. The number of hydrogen-bond donors (Lipinski definition) is 1. The number of nitrogens with one attached hydrogen (secondary N) is 1. The minimum atomic E-state index is -0.879. The van der Waals surface area contributed by atoms with E-state index in [1.807, 2.05) is 38.1 Å². The number of ketones is 1. The number of allylic oxidation sites excluding steroid dienone is 1. The Labute approximate surface area is 203 Å². The summed E-state index contributed by atoms with van der Waals surface area (Å²) in [6, 6.07) is 10.0. The Morgan fingerprint density at radius 2 is 1.86 bits per heavy atom. The van der Waals surface area contributed by atoms with Gasteiger partial charge >= 0.3 is 0 Å². The molecular weight excluding hydrogens is 452 g/mol. The molecule has 0 radical (unpaired) electrons. The second kappa shape index (κ2) is 9.07. The number of anilines is 2. The maximum atomic E-state index is 15.3. The van der Waals surface area contributed by atoms with Crippen molar-refractivity contribution in [1.29, 1.82) is 0 Å². The van der Waals surface area contributed by atoms with Gasteiger partial charge in [-0.1, -0.05) is 32.0 Å². The Hall–Kier alpha value is -3.26. The fraction of sp³-hybridized carbons (Fsp3) is 0.407. The van der Waals surface area contributed by atoms with Crippen molar-refractivity contribution >= 4 is 23.1 Å². The van der Waals surface area contributed by atoms with Gasteiger partial charge in [-0.15, -0.1) is 0 Å². The van der Waals surface area contributed by atoms with Gasteiger partial charge in [0.2, 0.25) is 5.91 Å². The van der Waals surface area contributed by atoms with Crippen LogP contribution in [0.15, 0.2) is 53.7 Å². The number of fused-ring (bicyclic) bond motifs is 1. The standard InChI is InChI=1S/C27H29F2N3O3/c1-27(2)14-21-25(23(33)15-27)26(18-8-7-17(28)13-19(18)29)32(22-6-4-3-5-20(22)30-21)16-24(34)31-9-11-35-12-10-31/h3-8,13,26,30H,9-12,14-16H2,1-2H3. The highest BCUT2D eigenvalue weighted by atomic mass is 19.1. The molecule has 0 saturated carbocycles. The summed E-state index contributed by atoms with van der Waals surface area (Å²) in [4.78, 5) is 30.5. The lowest BCUT2D eigenvalue weighted by molar-refractivity contribution is -0.133. The molecular formula is C27H29F2N3O3. The Bertz CT molecular complexity index is 1200. The molecule has 1 N–H and O–H groups in total. The average molecular weight is 482 g/mol. The molecule has 2 aromatic rings. The quantitative estimate of drug-likeness (QED) is 0.703. The monoisotopic (exact) mass is 481 g/mol. The van der Waals surface area contributed by atoms with E-state index in [1.165, 1.54) is 12.1 Å². The Kier molecular flexibility index (Phi) is 6.09. The molecule has 5 rings (SSSR count). The number of Topliss-reactive ketones (excluding diaryl/α,β-unsaturated/α-hetero) is 1. The first kappa shape index (κ1) is 23.5. The van der Waals surface area contributed by atoms with E-state index in [1.54, 1.807) is 9.80 Å². The Morgan fingerprint density at radius 1 is 1.11 bits per heavy atom. The molecule has 0 aromatic heterocycles. The molecule has 6 nitrogen and oxygen atoms in total. The number of ether oxygens (including phenoxy) is 1. The SMILES string of the molecule is CC1(C)CC(=O)C2=C(C1)Nc1ccccc1N(CC(=O)N1CCOCC1)C2c1ccc(F)cc1F. The van der Waals surface area contributed by atoms with E-state index in [4.69, 9.17) is 4.74 Å². The lowest BCUT2D eigenvalue weighted by Crippen LogP contribution is -2.47. The molecule has 1 saturated heterocycles. The Morgan fingerprint density at radius 3 is 2.60 bits per heavy atom. The van der Waals surface area contributed by atoms with Gasteiger partial charge in [0.1, 0.15) is 11.6 Å². The summed E-state index contributed by atoms with van der Waals surface area (Å²) in [6.45, 7) is 5.87. The van der Waals surface area contributed by atoms with Gasteiger partial charge in [-0.05, 0) is 30.0 Å². The van der Waals surface area contributed by atoms with Crippen LogP contribution in [-0.4, -0.2) is 49.4 Å². The normalized spacial score (nSPS) is 21.7. The van der Waals surface area contributed by atoms with Crippen LogP contribution in [0.3, 0.4) is 0 Å². The summed E-state index contributed by atoms with van der Waals surface area (Å²) >= 11 is 0. The molecule has 8 heteroatoms. The van der Waals surface area contributed by atoms with Crippen LogP contribution < -0.4 is 10.2 Å². The van der Waals surface area contributed by atoms with E-state index in [9.17, 15) is 14.0 Å². The summed E-state index contributed by atoms with van der Waals surface area (Å²) in [7, 11) is 0. The molecule has 3 aliphatic rings. The summed E-state index contributed by atoms with van der Waals surface area (Å²) in [5.41, 5.74) is 2.46. The molecule has 2 aliphatic heterocycles. The van der Waals surface area contributed by atoms with E-state index in [0.717, 1.165) is 11.8 Å². The van der Waals surface area contributed by atoms with Crippen molar-refractivity contribution in [3.8, 4) is 0 Å². The summed E-state index contributed by atoms with van der Waals surface area (Å²) in [5, 5.41) is 3.44. The van der Waals surface area contributed by atoms with E-state index < -0.39 is 17.7 Å². The highest BCUT2D eigenvalue weighted by Gasteiger charge is 2.43. The molecule has 1 amide bonds. The minimum absolute atomic E-state index is 0.0619. The lowest BCUT2D eigenvalue weighted by Gasteiger charge is -2.39. The van der Waals surface area contributed by atoms with Gasteiger partial charge in [0, 0.05) is 42.4 Å². The van der Waals surface area contributed by atoms with Crippen molar-refractivity contribution in [2.45, 2.75) is 32.7 Å². The molecule has 1 atom stereocenters. The zero-order chi connectivity index (χ0) is 24.7. The van der Waals surface area contributed by atoms with E-state index in [-0.39, 0.29) is 29.2 Å². The molecule has 2 aromatic carbocycles. The van der Waals surface area contributed by atoms with Gasteiger partial charge in [-0.2, -0.15) is 0 Å². The largest absolute Gasteiger partial charge is 0.378 e. The van der Waals surface area contributed by atoms with Gasteiger partial charge in [0.25, 0.3) is 0 Å². The minimum Gasteiger partial charge on any atom is -0.378 e. The third-order valence-electron chi connectivity index (χ3n) is 6.93. The average Bonchev–Trinajstić information content (AvgIpc) is 2.93. The highest BCUT2D eigenvalue weighted by Crippen LogP contribution is 2.48. The van der Waals surface area contributed by atoms with Crippen molar-refractivity contribution in [1.82, 2.24) is 4.90 Å². The van der Waals surface area contributed by atoms with Crippen LogP contribution in [0.1, 0.15) is 38.3 Å². The lowest BCUT2D eigenvalue weighted by atomic mass is 9.73. The van der Waals surface area contributed by atoms with Crippen molar-refractivity contribution in [2.24, 2.45) is 5.41 Å². The first-order valence-electron chi connectivity index (χ1n) is 11.9. The number of benzene rings is 2. The third-order valence-corrected chi connectivity index (χ3v) is 6.93. The van der Waals surface area contributed by atoms with Gasteiger partial charge in [-0.25, -0.2) is 8.78 Å². The smallest absolute Gasteiger partial charge is 0.242 e.